The molecule has 0 atom stereocenters. The highest BCUT2D eigenvalue weighted by molar-refractivity contribution is 7.22. The maximum atomic E-state index is 12.7. The molecule has 162 valence electrons. The van der Waals surface area contributed by atoms with Gasteiger partial charge in [-0.05, 0) is 6.07 Å². The number of ether oxygens (including phenoxy) is 2. The van der Waals surface area contributed by atoms with Crippen LogP contribution in [-0.2, 0) is 0 Å². The number of hydrogen-bond acceptors (Lipinski definition) is 8. The van der Waals surface area contributed by atoms with Gasteiger partial charge in [0.1, 0.15) is 11.5 Å². The molecule has 2 amide bonds. The summed E-state index contributed by atoms with van der Waals surface area (Å²) in [5.74, 6) is 1.19. The number of carbonyl (C=O) groups excluding carboxylic acids is 1. The number of anilines is 2. The topological polar surface area (TPSA) is 110 Å². The summed E-state index contributed by atoms with van der Waals surface area (Å²) >= 11 is 1.42. The molecule has 0 radical (unpaired) electrons. The summed E-state index contributed by atoms with van der Waals surface area (Å²) in [6.07, 6.45) is 0. The minimum atomic E-state index is -0.409. The zero-order chi connectivity index (χ0) is 22.0. The van der Waals surface area contributed by atoms with Crippen LogP contribution in [0.15, 0.2) is 36.4 Å². The van der Waals surface area contributed by atoms with Gasteiger partial charge in [-0.3, -0.25) is 10.1 Å². The number of urea groups is 1. The first-order valence-corrected chi connectivity index (χ1v) is 10.4. The molecular formula is C20H21N5O5S. The standard InChI is InChI=1S/C20H21N5O5S/c1-29-15-9-13(10-16(12-15)30-2)21-19(26)23-5-7-24(8-6-23)20-22-17-4-3-14(25(27)28)11-18(17)31-20/h3-4,9-12H,5-8H2,1-2H3,(H,21,26). The van der Waals surface area contributed by atoms with Gasteiger partial charge in [0, 0.05) is 62.2 Å². The summed E-state index contributed by atoms with van der Waals surface area (Å²) in [5, 5.41) is 14.7. The van der Waals surface area contributed by atoms with Crippen LogP contribution in [0.3, 0.4) is 0 Å². The van der Waals surface area contributed by atoms with Crippen LogP contribution in [0, 0.1) is 10.1 Å². The number of nitro benzene ring substituents is 1. The number of non-ortho nitro benzene ring substituents is 1. The Bertz CT molecular complexity index is 1100. The monoisotopic (exact) mass is 443 g/mol. The fourth-order valence-electron chi connectivity index (χ4n) is 3.33. The summed E-state index contributed by atoms with van der Waals surface area (Å²) in [5.41, 5.74) is 1.38. The lowest BCUT2D eigenvalue weighted by Crippen LogP contribution is -2.50. The quantitative estimate of drug-likeness (QED) is 0.474. The Morgan fingerprint density at radius 3 is 2.39 bits per heavy atom. The number of nitrogens with zero attached hydrogens (tertiary/aromatic N) is 4. The molecular weight excluding hydrogens is 422 g/mol. The van der Waals surface area contributed by atoms with Crippen molar-refractivity contribution in [2.24, 2.45) is 0 Å². The third-order valence-electron chi connectivity index (χ3n) is 5.01. The number of amides is 2. The van der Waals surface area contributed by atoms with Gasteiger partial charge in [0.2, 0.25) is 0 Å². The number of carbonyl (C=O) groups is 1. The van der Waals surface area contributed by atoms with Crippen molar-refractivity contribution in [2.45, 2.75) is 0 Å². The highest BCUT2D eigenvalue weighted by Gasteiger charge is 2.24. The van der Waals surface area contributed by atoms with Gasteiger partial charge in [0.05, 0.1) is 29.4 Å². The van der Waals surface area contributed by atoms with E-state index in [0.717, 1.165) is 15.3 Å². The average molecular weight is 443 g/mol. The minimum Gasteiger partial charge on any atom is -0.497 e. The molecule has 0 unspecified atom stereocenters. The van der Waals surface area contributed by atoms with E-state index >= 15 is 0 Å². The van der Waals surface area contributed by atoms with E-state index in [4.69, 9.17) is 9.47 Å². The number of rotatable bonds is 5. The molecule has 31 heavy (non-hydrogen) atoms. The predicted octanol–water partition coefficient (Wildman–Crippen LogP) is 3.58. The first-order chi connectivity index (χ1) is 15.0. The SMILES string of the molecule is COc1cc(NC(=O)N2CCN(c3nc4ccc([N+](=O)[O-])cc4s3)CC2)cc(OC)c1. The molecule has 1 fully saturated rings. The normalized spacial score (nSPS) is 13.9. The number of benzene rings is 2. The summed E-state index contributed by atoms with van der Waals surface area (Å²) in [6.45, 7) is 2.31. The Balaban J connectivity index is 1.40. The van der Waals surface area contributed by atoms with Crippen LogP contribution in [0.2, 0.25) is 0 Å². The van der Waals surface area contributed by atoms with Gasteiger partial charge in [-0.15, -0.1) is 0 Å². The van der Waals surface area contributed by atoms with Crippen LogP contribution >= 0.6 is 11.3 Å². The van der Waals surface area contributed by atoms with Crippen molar-refractivity contribution in [2.75, 3.05) is 50.6 Å². The van der Waals surface area contributed by atoms with Crippen molar-refractivity contribution < 1.29 is 19.2 Å². The van der Waals surface area contributed by atoms with Crippen LogP contribution in [0.5, 0.6) is 11.5 Å². The Labute approximate surface area is 182 Å². The second-order valence-corrected chi connectivity index (χ2v) is 7.92. The highest BCUT2D eigenvalue weighted by Crippen LogP contribution is 2.32. The van der Waals surface area contributed by atoms with Crippen LogP contribution in [-0.4, -0.2) is 61.2 Å². The number of nitro groups is 1. The van der Waals surface area contributed by atoms with Gasteiger partial charge >= 0.3 is 6.03 Å². The van der Waals surface area contributed by atoms with Crippen LogP contribution in [0.25, 0.3) is 10.2 Å². The second-order valence-electron chi connectivity index (χ2n) is 6.91. The number of fused-ring (bicyclic) bond motifs is 1. The van der Waals surface area contributed by atoms with Crippen LogP contribution in [0.4, 0.5) is 21.3 Å². The van der Waals surface area contributed by atoms with Gasteiger partial charge in [-0.25, -0.2) is 9.78 Å². The zero-order valence-corrected chi connectivity index (χ0v) is 17.8. The Kier molecular flexibility index (Phi) is 5.76. The van der Waals surface area contributed by atoms with Gasteiger partial charge in [0.25, 0.3) is 5.69 Å². The fraction of sp³-hybridized carbons (Fsp3) is 0.300. The zero-order valence-electron chi connectivity index (χ0n) is 17.0. The predicted molar refractivity (Wildman–Crippen MR) is 119 cm³/mol. The van der Waals surface area contributed by atoms with E-state index in [1.165, 1.54) is 17.4 Å². The van der Waals surface area contributed by atoms with E-state index in [9.17, 15) is 14.9 Å². The first kappa shape index (κ1) is 20.7. The maximum absolute atomic E-state index is 12.7. The van der Waals surface area contributed by atoms with Gasteiger partial charge < -0.3 is 24.6 Å². The molecule has 1 saturated heterocycles. The number of methoxy groups -OCH3 is 2. The summed E-state index contributed by atoms with van der Waals surface area (Å²) in [4.78, 5) is 31.7. The van der Waals surface area contributed by atoms with E-state index < -0.39 is 4.92 Å². The van der Waals surface area contributed by atoms with Crippen molar-refractivity contribution >= 4 is 44.1 Å². The molecule has 0 spiro atoms. The number of aromatic nitrogens is 1. The number of hydrogen-bond donors (Lipinski definition) is 1. The van der Waals surface area contributed by atoms with E-state index in [1.807, 2.05) is 0 Å². The van der Waals surface area contributed by atoms with Crippen molar-refractivity contribution in [3.8, 4) is 11.5 Å². The fourth-order valence-corrected chi connectivity index (χ4v) is 4.38. The van der Waals surface area contributed by atoms with Crippen molar-refractivity contribution in [1.82, 2.24) is 9.88 Å². The lowest BCUT2D eigenvalue weighted by molar-refractivity contribution is -0.384. The lowest BCUT2D eigenvalue weighted by Gasteiger charge is -2.34. The summed E-state index contributed by atoms with van der Waals surface area (Å²) < 4.78 is 11.3. The van der Waals surface area contributed by atoms with Crippen LogP contribution < -0.4 is 19.7 Å². The Hall–Kier alpha value is -3.60. The van der Waals surface area contributed by atoms with E-state index in [1.54, 1.807) is 49.5 Å². The van der Waals surface area contributed by atoms with Crippen molar-refractivity contribution in [3.05, 3.63) is 46.5 Å². The van der Waals surface area contributed by atoms with Gasteiger partial charge in [0.15, 0.2) is 5.13 Å². The van der Waals surface area contributed by atoms with E-state index in [-0.39, 0.29) is 11.7 Å². The highest BCUT2D eigenvalue weighted by atomic mass is 32.1. The molecule has 3 aromatic rings. The molecule has 4 rings (SSSR count). The largest absolute Gasteiger partial charge is 0.497 e. The third kappa shape index (κ3) is 4.45. The maximum Gasteiger partial charge on any atom is 0.321 e. The summed E-state index contributed by atoms with van der Waals surface area (Å²) in [7, 11) is 3.11. The van der Waals surface area contributed by atoms with Crippen molar-refractivity contribution in [1.29, 1.82) is 0 Å². The molecule has 2 heterocycles. The first-order valence-electron chi connectivity index (χ1n) is 9.56. The molecule has 0 saturated carbocycles. The molecule has 1 aromatic heterocycles. The molecule has 2 aromatic carbocycles. The molecule has 1 N–H and O–H groups in total. The van der Waals surface area contributed by atoms with Gasteiger partial charge in [-0.2, -0.15) is 0 Å². The molecule has 10 nitrogen and oxygen atoms in total. The molecule has 1 aliphatic rings. The number of thiazole rings is 1. The lowest BCUT2D eigenvalue weighted by atomic mass is 10.2. The average Bonchev–Trinajstić information content (AvgIpc) is 3.22. The molecule has 0 aliphatic carbocycles. The number of nitrogens with one attached hydrogen (secondary N) is 1. The second kappa shape index (κ2) is 8.64. The molecule has 11 heteroatoms. The smallest absolute Gasteiger partial charge is 0.321 e. The third-order valence-corrected chi connectivity index (χ3v) is 6.09. The van der Waals surface area contributed by atoms with Crippen LogP contribution in [0.1, 0.15) is 0 Å². The molecule has 0 bridgehead atoms. The Morgan fingerprint density at radius 2 is 1.77 bits per heavy atom. The summed E-state index contributed by atoms with van der Waals surface area (Å²) in [6, 6.07) is 9.67. The minimum absolute atomic E-state index is 0.0540. The van der Waals surface area contributed by atoms with E-state index in [2.05, 4.69) is 15.2 Å². The Morgan fingerprint density at radius 1 is 1.10 bits per heavy atom. The molecule has 1 aliphatic heterocycles. The number of piperazine rings is 1. The van der Waals surface area contributed by atoms with Gasteiger partial charge in [-0.1, -0.05) is 11.3 Å². The van der Waals surface area contributed by atoms with E-state index in [0.29, 0.717) is 43.4 Å². The van der Waals surface area contributed by atoms with Crippen molar-refractivity contribution in [3.63, 3.8) is 0 Å².